The molecule has 1 N–H and O–H groups in total. The highest BCUT2D eigenvalue weighted by Crippen LogP contribution is 2.24. The second kappa shape index (κ2) is 9.96. The number of hydrogen-bond acceptors (Lipinski definition) is 4. The van der Waals surface area contributed by atoms with E-state index in [4.69, 9.17) is 51.1 Å². The molecule has 0 fully saturated rings. The number of halogens is 4. The van der Waals surface area contributed by atoms with E-state index in [1.54, 1.807) is 30.3 Å². The minimum absolute atomic E-state index is 0.189. The molecule has 3 aromatic carbocycles. The van der Waals surface area contributed by atoms with Crippen LogP contribution in [-0.4, -0.2) is 18.1 Å². The van der Waals surface area contributed by atoms with Crippen molar-refractivity contribution in [3.05, 3.63) is 97.4 Å². The van der Waals surface area contributed by atoms with Crippen LogP contribution in [0.3, 0.4) is 0 Å². The van der Waals surface area contributed by atoms with E-state index in [1.807, 2.05) is 0 Å². The molecular weight excluding hydrogens is 470 g/mol. The highest BCUT2D eigenvalue weighted by atomic mass is 35.5. The molecule has 0 bridgehead atoms. The molecule has 3 rings (SSSR count). The van der Waals surface area contributed by atoms with E-state index in [0.29, 0.717) is 21.2 Å². The Morgan fingerprint density at radius 3 is 2.40 bits per heavy atom. The summed E-state index contributed by atoms with van der Waals surface area (Å²) >= 11 is 23.6. The standard InChI is InChI=1S/C21H12Cl4N2O3/c22-14-5-6-16(18(24)10-14)21(29)30-15-3-1-2-12(8-15)11-26-27-20(28)13-4-7-17(23)19(25)9-13/h1-11H,(H,27,28). The van der Waals surface area contributed by atoms with Crippen LogP contribution >= 0.6 is 46.4 Å². The van der Waals surface area contributed by atoms with Crippen LogP contribution in [0, 0.1) is 0 Å². The Kier molecular flexibility index (Phi) is 7.34. The summed E-state index contributed by atoms with van der Waals surface area (Å²) in [6, 6.07) is 15.6. The molecular formula is C21H12Cl4N2O3. The lowest BCUT2D eigenvalue weighted by Gasteiger charge is -2.07. The number of nitrogens with zero attached hydrogens (tertiary/aromatic N) is 1. The maximum atomic E-state index is 12.3. The molecule has 9 heteroatoms. The number of carbonyl (C=O) groups is 2. The Morgan fingerprint density at radius 2 is 1.67 bits per heavy atom. The zero-order valence-corrected chi connectivity index (χ0v) is 18.1. The van der Waals surface area contributed by atoms with Crippen molar-refractivity contribution in [2.75, 3.05) is 0 Å². The predicted octanol–water partition coefficient (Wildman–Crippen LogP) is 6.28. The van der Waals surface area contributed by atoms with Crippen LogP contribution in [0.1, 0.15) is 26.3 Å². The Morgan fingerprint density at radius 1 is 0.867 bits per heavy atom. The number of rotatable bonds is 5. The van der Waals surface area contributed by atoms with Crippen LogP contribution in [0.4, 0.5) is 0 Å². The molecule has 0 aliphatic heterocycles. The van der Waals surface area contributed by atoms with Crippen molar-refractivity contribution in [3.63, 3.8) is 0 Å². The quantitative estimate of drug-likeness (QED) is 0.201. The largest absolute Gasteiger partial charge is 0.423 e. The zero-order chi connectivity index (χ0) is 21.7. The van der Waals surface area contributed by atoms with Crippen LogP contribution < -0.4 is 10.2 Å². The number of nitrogens with one attached hydrogen (secondary N) is 1. The van der Waals surface area contributed by atoms with Gasteiger partial charge in [-0.3, -0.25) is 4.79 Å². The third-order valence-corrected chi connectivity index (χ3v) is 5.07. The lowest BCUT2D eigenvalue weighted by atomic mass is 10.2. The average Bonchev–Trinajstić information content (AvgIpc) is 2.70. The second-order valence-corrected chi connectivity index (χ2v) is 7.57. The van der Waals surface area contributed by atoms with Crippen LogP contribution in [-0.2, 0) is 0 Å². The molecule has 0 aromatic heterocycles. The van der Waals surface area contributed by atoms with Gasteiger partial charge in [-0.25, -0.2) is 10.2 Å². The SMILES string of the molecule is O=C(NN=Cc1cccc(OC(=O)c2ccc(Cl)cc2Cl)c1)c1ccc(Cl)c(Cl)c1. The number of esters is 1. The van der Waals surface area contributed by atoms with E-state index < -0.39 is 11.9 Å². The highest BCUT2D eigenvalue weighted by Gasteiger charge is 2.13. The fraction of sp³-hybridized carbons (Fsp3) is 0. The molecule has 0 aliphatic carbocycles. The second-order valence-electron chi connectivity index (χ2n) is 5.91. The summed E-state index contributed by atoms with van der Waals surface area (Å²) < 4.78 is 5.34. The molecule has 0 unspecified atom stereocenters. The Bertz CT molecular complexity index is 1150. The first-order valence-electron chi connectivity index (χ1n) is 8.39. The van der Waals surface area contributed by atoms with Gasteiger partial charge in [0.15, 0.2) is 0 Å². The van der Waals surface area contributed by atoms with Crippen LogP contribution in [0.15, 0.2) is 65.8 Å². The van der Waals surface area contributed by atoms with Gasteiger partial charge >= 0.3 is 5.97 Å². The lowest BCUT2D eigenvalue weighted by Crippen LogP contribution is -2.17. The molecule has 0 saturated heterocycles. The first-order chi connectivity index (χ1) is 14.3. The molecule has 0 saturated carbocycles. The van der Waals surface area contributed by atoms with Gasteiger partial charge in [-0.05, 0) is 54.1 Å². The van der Waals surface area contributed by atoms with Crippen molar-refractivity contribution in [3.8, 4) is 5.75 Å². The number of ether oxygens (including phenoxy) is 1. The summed E-state index contributed by atoms with van der Waals surface area (Å²) in [4.78, 5) is 24.4. The maximum Gasteiger partial charge on any atom is 0.345 e. The first-order valence-corrected chi connectivity index (χ1v) is 9.90. The number of hydrazone groups is 1. The molecule has 3 aromatic rings. The van der Waals surface area contributed by atoms with Gasteiger partial charge in [0.05, 0.1) is 26.8 Å². The molecule has 0 radical (unpaired) electrons. The molecule has 0 heterocycles. The van der Waals surface area contributed by atoms with Gasteiger partial charge < -0.3 is 4.74 Å². The molecule has 0 aliphatic rings. The van der Waals surface area contributed by atoms with Crippen molar-refractivity contribution in [2.45, 2.75) is 0 Å². The van der Waals surface area contributed by atoms with Gasteiger partial charge in [-0.1, -0.05) is 58.5 Å². The van der Waals surface area contributed by atoms with E-state index in [2.05, 4.69) is 10.5 Å². The summed E-state index contributed by atoms with van der Waals surface area (Å²) in [6.45, 7) is 0. The minimum Gasteiger partial charge on any atom is -0.423 e. The van der Waals surface area contributed by atoms with Gasteiger partial charge in [0.1, 0.15) is 5.75 Å². The number of carbonyl (C=O) groups excluding carboxylic acids is 2. The molecule has 1 amide bonds. The van der Waals surface area contributed by atoms with Crippen molar-refractivity contribution in [2.24, 2.45) is 5.10 Å². The van der Waals surface area contributed by atoms with Crippen LogP contribution in [0.2, 0.25) is 20.1 Å². The van der Waals surface area contributed by atoms with Gasteiger partial charge in [-0.15, -0.1) is 0 Å². The van der Waals surface area contributed by atoms with Gasteiger partial charge in [0, 0.05) is 10.6 Å². The van der Waals surface area contributed by atoms with Gasteiger partial charge in [0.25, 0.3) is 5.91 Å². The number of amides is 1. The van der Waals surface area contributed by atoms with E-state index in [0.717, 1.165) is 0 Å². The summed E-state index contributed by atoms with van der Waals surface area (Å²) in [5.41, 5.74) is 3.48. The molecule has 152 valence electrons. The normalized spacial score (nSPS) is 10.8. The number of benzene rings is 3. The summed E-state index contributed by atoms with van der Waals surface area (Å²) in [7, 11) is 0. The van der Waals surface area contributed by atoms with E-state index >= 15 is 0 Å². The topological polar surface area (TPSA) is 67.8 Å². The average molecular weight is 482 g/mol. The smallest absolute Gasteiger partial charge is 0.345 e. The van der Waals surface area contributed by atoms with E-state index in [-0.39, 0.29) is 21.4 Å². The highest BCUT2D eigenvalue weighted by molar-refractivity contribution is 6.42. The third kappa shape index (κ3) is 5.74. The molecule has 5 nitrogen and oxygen atoms in total. The number of hydrogen-bond donors (Lipinski definition) is 1. The van der Waals surface area contributed by atoms with Crippen molar-refractivity contribution >= 4 is 64.5 Å². The molecule has 30 heavy (non-hydrogen) atoms. The van der Waals surface area contributed by atoms with Gasteiger partial charge in [0.2, 0.25) is 0 Å². The Hall–Kier alpha value is -2.57. The fourth-order valence-corrected chi connectivity index (χ4v) is 3.13. The van der Waals surface area contributed by atoms with E-state index in [9.17, 15) is 9.59 Å². The monoisotopic (exact) mass is 480 g/mol. The maximum absolute atomic E-state index is 12.3. The van der Waals surface area contributed by atoms with Crippen molar-refractivity contribution in [1.82, 2.24) is 5.43 Å². The summed E-state index contributed by atoms with van der Waals surface area (Å²) in [5.74, 6) is -0.797. The summed E-state index contributed by atoms with van der Waals surface area (Å²) in [5, 5.41) is 5.12. The lowest BCUT2D eigenvalue weighted by molar-refractivity contribution is 0.0734. The Balaban J connectivity index is 1.65. The minimum atomic E-state index is -0.626. The van der Waals surface area contributed by atoms with Crippen LogP contribution in [0.25, 0.3) is 0 Å². The third-order valence-electron chi connectivity index (χ3n) is 3.78. The first kappa shape index (κ1) is 22.1. The fourth-order valence-electron chi connectivity index (χ4n) is 2.34. The van der Waals surface area contributed by atoms with Crippen LogP contribution in [0.5, 0.6) is 5.75 Å². The Labute approximate surface area is 192 Å². The molecule has 0 spiro atoms. The van der Waals surface area contributed by atoms with Crippen molar-refractivity contribution in [1.29, 1.82) is 0 Å². The van der Waals surface area contributed by atoms with E-state index in [1.165, 1.54) is 36.5 Å². The molecule has 0 atom stereocenters. The predicted molar refractivity (Wildman–Crippen MR) is 119 cm³/mol. The van der Waals surface area contributed by atoms with Gasteiger partial charge in [-0.2, -0.15) is 5.10 Å². The van der Waals surface area contributed by atoms with Crippen molar-refractivity contribution < 1.29 is 14.3 Å². The summed E-state index contributed by atoms with van der Waals surface area (Å²) in [6.07, 6.45) is 1.40. The zero-order valence-electron chi connectivity index (χ0n) is 15.0.